The third-order valence-corrected chi connectivity index (χ3v) is 1.55. The smallest absolute Gasteiger partial charge is 0.0376 e. The van der Waals surface area contributed by atoms with Crippen LogP contribution in [0, 0.1) is 6.92 Å². The monoisotopic (exact) mass is 150 g/mol. The van der Waals surface area contributed by atoms with E-state index in [9.17, 15) is 0 Å². The molecule has 1 aromatic carbocycles. The van der Waals surface area contributed by atoms with Gasteiger partial charge in [-0.15, -0.1) is 0 Å². The van der Waals surface area contributed by atoms with Gasteiger partial charge < -0.3 is 0 Å². The molecule has 0 saturated carbocycles. The summed E-state index contributed by atoms with van der Waals surface area (Å²) in [5, 5.41) is 1.67. The average molecular weight is 150 g/mol. The molecular formula is C9H14N2. The second-order valence-corrected chi connectivity index (χ2v) is 2.90. The Kier molecular flexibility index (Phi) is 2.63. The van der Waals surface area contributed by atoms with Crippen LogP contribution in [-0.2, 0) is 6.54 Å². The summed E-state index contributed by atoms with van der Waals surface area (Å²) in [5.41, 5.74) is 2.54. The topological polar surface area (TPSA) is 29.3 Å². The van der Waals surface area contributed by atoms with Crippen molar-refractivity contribution in [2.45, 2.75) is 13.5 Å². The molecule has 0 amide bonds. The molecule has 0 radical (unpaired) electrons. The molecule has 2 heteroatoms. The lowest BCUT2D eigenvalue weighted by Crippen LogP contribution is -2.24. The minimum atomic E-state index is 0.806. The molecule has 0 fully saturated rings. The fraction of sp³-hybridized carbons (Fsp3) is 0.333. The van der Waals surface area contributed by atoms with E-state index in [2.05, 4.69) is 31.2 Å². The van der Waals surface area contributed by atoms with Gasteiger partial charge >= 0.3 is 0 Å². The van der Waals surface area contributed by atoms with Crippen molar-refractivity contribution in [1.29, 1.82) is 0 Å². The highest BCUT2D eigenvalue weighted by Crippen LogP contribution is 2.03. The lowest BCUT2D eigenvalue weighted by Gasteiger charge is -2.08. The zero-order valence-corrected chi connectivity index (χ0v) is 7.04. The predicted molar refractivity (Wildman–Crippen MR) is 46.8 cm³/mol. The fourth-order valence-corrected chi connectivity index (χ4v) is 0.981. The van der Waals surface area contributed by atoms with E-state index in [0.717, 1.165) is 6.54 Å². The van der Waals surface area contributed by atoms with Gasteiger partial charge in [0.15, 0.2) is 0 Å². The standard InChI is InChI=1S/C9H14N2/c1-8-3-5-9(6-4-8)7-11(2)10/h3-6H,7,10H2,1-2H3. The maximum Gasteiger partial charge on any atom is 0.0376 e. The molecule has 2 nitrogen and oxygen atoms in total. The normalized spacial score (nSPS) is 10.5. The van der Waals surface area contributed by atoms with Crippen LogP contribution in [0.1, 0.15) is 11.1 Å². The molecule has 1 aromatic rings. The summed E-state index contributed by atoms with van der Waals surface area (Å²) in [6.07, 6.45) is 0. The number of rotatable bonds is 2. The van der Waals surface area contributed by atoms with E-state index >= 15 is 0 Å². The predicted octanol–water partition coefficient (Wildman–Crippen LogP) is 1.30. The maximum atomic E-state index is 5.50. The minimum absolute atomic E-state index is 0.806. The summed E-state index contributed by atoms with van der Waals surface area (Å²) in [5.74, 6) is 5.50. The van der Waals surface area contributed by atoms with Crippen molar-refractivity contribution < 1.29 is 0 Å². The number of nitrogens with zero attached hydrogens (tertiary/aromatic N) is 1. The third kappa shape index (κ3) is 2.70. The second kappa shape index (κ2) is 3.51. The Balaban J connectivity index is 2.66. The Morgan fingerprint density at radius 3 is 2.27 bits per heavy atom. The van der Waals surface area contributed by atoms with Gasteiger partial charge in [-0.25, -0.2) is 5.01 Å². The molecule has 60 valence electrons. The highest BCUT2D eigenvalue weighted by Gasteiger charge is 1.93. The Hall–Kier alpha value is -0.860. The molecule has 0 spiro atoms. The summed E-state index contributed by atoms with van der Waals surface area (Å²) < 4.78 is 0. The van der Waals surface area contributed by atoms with Gasteiger partial charge in [-0.2, -0.15) is 0 Å². The van der Waals surface area contributed by atoms with Crippen molar-refractivity contribution >= 4 is 0 Å². The highest BCUT2D eigenvalue weighted by atomic mass is 15.4. The summed E-state index contributed by atoms with van der Waals surface area (Å²) in [4.78, 5) is 0. The van der Waals surface area contributed by atoms with Gasteiger partial charge in [0.25, 0.3) is 0 Å². The summed E-state index contributed by atoms with van der Waals surface area (Å²) in [7, 11) is 1.86. The van der Waals surface area contributed by atoms with Crippen LogP contribution in [0.5, 0.6) is 0 Å². The average Bonchev–Trinajstić information content (AvgIpc) is 1.93. The van der Waals surface area contributed by atoms with Crippen LogP contribution < -0.4 is 5.84 Å². The molecule has 1 rings (SSSR count). The third-order valence-electron chi connectivity index (χ3n) is 1.55. The number of hydrazine groups is 1. The summed E-state index contributed by atoms with van der Waals surface area (Å²) in [6.45, 7) is 2.89. The number of hydrogen-bond donors (Lipinski definition) is 1. The van der Waals surface area contributed by atoms with Gasteiger partial charge in [0.1, 0.15) is 0 Å². The molecule has 2 N–H and O–H groups in total. The van der Waals surface area contributed by atoms with Crippen LogP contribution in [0.2, 0.25) is 0 Å². The van der Waals surface area contributed by atoms with Crippen LogP contribution >= 0.6 is 0 Å². The van der Waals surface area contributed by atoms with E-state index in [-0.39, 0.29) is 0 Å². The van der Waals surface area contributed by atoms with Crippen LogP contribution in [-0.4, -0.2) is 12.1 Å². The van der Waals surface area contributed by atoms with E-state index in [1.54, 1.807) is 5.01 Å². The second-order valence-electron chi connectivity index (χ2n) is 2.90. The van der Waals surface area contributed by atoms with Crippen LogP contribution in [0.4, 0.5) is 0 Å². The Morgan fingerprint density at radius 1 is 1.27 bits per heavy atom. The molecule has 0 bridgehead atoms. The van der Waals surface area contributed by atoms with E-state index in [1.807, 2.05) is 7.05 Å². The minimum Gasteiger partial charge on any atom is -0.269 e. The summed E-state index contributed by atoms with van der Waals surface area (Å²) in [6, 6.07) is 8.38. The lowest BCUT2D eigenvalue weighted by molar-refractivity contribution is 0.341. The Morgan fingerprint density at radius 2 is 1.82 bits per heavy atom. The molecule has 0 aliphatic carbocycles. The maximum absolute atomic E-state index is 5.50. The lowest BCUT2D eigenvalue weighted by atomic mass is 10.1. The first-order valence-corrected chi connectivity index (χ1v) is 3.70. The van der Waals surface area contributed by atoms with Crippen molar-refractivity contribution in [2.24, 2.45) is 5.84 Å². The molecule has 11 heavy (non-hydrogen) atoms. The van der Waals surface area contributed by atoms with Crippen molar-refractivity contribution in [3.05, 3.63) is 35.4 Å². The SMILES string of the molecule is Cc1ccc(CN(C)N)cc1. The number of hydrogen-bond acceptors (Lipinski definition) is 2. The van der Waals surface area contributed by atoms with Gasteiger partial charge in [-0.05, 0) is 12.5 Å². The van der Waals surface area contributed by atoms with Crippen molar-refractivity contribution in [3.8, 4) is 0 Å². The number of nitrogens with two attached hydrogens (primary N) is 1. The van der Waals surface area contributed by atoms with Gasteiger partial charge in [0.05, 0.1) is 0 Å². The molecule has 0 aromatic heterocycles. The quantitative estimate of drug-likeness (QED) is 0.508. The first kappa shape index (κ1) is 8.24. The molecule has 0 aliphatic heterocycles. The van der Waals surface area contributed by atoms with E-state index in [1.165, 1.54) is 11.1 Å². The van der Waals surface area contributed by atoms with E-state index in [4.69, 9.17) is 5.84 Å². The van der Waals surface area contributed by atoms with Crippen LogP contribution in [0.3, 0.4) is 0 Å². The first-order valence-electron chi connectivity index (χ1n) is 3.70. The Bertz CT molecular complexity index is 214. The van der Waals surface area contributed by atoms with E-state index in [0.29, 0.717) is 0 Å². The van der Waals surface area contributed by atoms with Gasteiger partial charge in [-0.1, -0.05) is 29.8 Å². The zero-order valence-electron chi connectivity index (χ0n) is 7.04. The molecule has 0 unspecified atom stereocenters. The van der Waals surface area contributed by atoms with Crippen molar-refractivity contribution in [3.63, 3.8) is 0 Å². The molecule has 0 aliphatic rings. The zero-order chi connectivity index (χ0) is 8.27. The van der Waals surface area contributed by atoms with Crippen LogP contribution in [0.15, 0.2) is 24.3 Å². The molecule has 0 heterocycles. The van der Waals surface area contributed by atoms with Crippen molar-refractivity contribution in [2.75, 3.05) is 7.05 Å². The summed E-state index contributed by atoms with van der Waals surface area (Å²) >= 11 is 0. The fourth-order valence-electron chi connectivity index (χ4n) is 0.981. The number of aryl methyl sites for hydroxylation is 1. The number of benzene rings is 1. The van der Waals surface area contributed by atoms with Crippen LogP contribution in [0.25, 0.3) is 0 Å². The van der Waals surface area contributed by atoms with E-state index < -0.39 is 0 Å². The molecule has 0 saturated heterocycles. The van der Waals surface area contributed by atoms with Gasteiger partial charge in [-0.3, -0.25) is 5.84 Å². The molecule has 0 atom stereocenters. The van der Waals surface area contributed by atoms with Crippen molar-refractivity contribution in [1.82, 2.24) is 5.01 Å². The largest absolute Gasteiger partial charge is 0.269 e. The van der Waals surface area contributed by atoms with Gasteiger partial charge in [0.2, 0.25) is 0 Å². The highest BCUT2D eigenvalue weighted by molar-refractivity contribution is 5.20. The molecular weight excluding hydrogens is 136 g/mol. The Labute approximate surface area is 67.6 Å². The van der Waals surface area contributed by atoms with Gasteiger partial charge in [0, 0.05) is 13.6 Å². The first-order chi connectivity index (χ1) is 5.18.